The summed E-state index contributed by atoms with van der Waals surface area (Å²) in [5, 5.41) is 14.9. The average Bonchev–Trinajstić information content (AvgIpc) is 3.36. The number of hydrogen-bond acceptors (Lipinski definition) is 7. The van der Waals surface area contributed by atoms with Gasteiger partial charge in [0.1, 0.15) is 6.04 Å². The van der Waals surface area contributed by atoms with Crippen LogP contribution >= 0.6 is 0 Å². The molecule has 2 amide bonds. The van der Waals surface area contributed by atoms with Crippen molar-refractivity contribution in [2.24, 2.45) is 4.99 Å². The molecule has 3 N–H and O–H groups in total. The lowest BCUT2D eigenvalue weighted by Gasteiger charge is -2.19. The number of likely N-dealkylation sites (N-methyl/N-ethyl adjacent to an activating group) is 1. The van der Waals surface area contributed by atoms with Crippen LogP contribution in [-0.4, -0.2) is 67.8 Å². The van der Waals surface area contributed by atoms with Gasteiger partial charge in [0, 0.05) is 24.6 Å². The van der Waals surface area contributed by atoms with Crippen molar-refractivity contribution < 1.29 is 32.6 Å². The van der Waals surface area contributed by atoms with Crippen LogP contribution < -0.4 is 10.6 Å². The van der Waals surface area contributed by atoms with Crippen LogP contribution in [0.1, 0.15) is 28.4 Å². The fourth-order valence-electron chi connectivity index (χ4n) is 4.11. The van der Waals surface area contributed by atoms with Gasteiger partial charge in [-0.1, -0.05) is 72.0 Å². The molecule has 3 aromatic carbocycles. The molecule has 1 heterocycles. The monoisotopic (exact) mass is 602 g/mol. The Labute approximate surface area is 249 Å². The number of hydrogen-bond donors (Lipinski definition) is 3. The maximum absolute atomic E-state index is 12.8. The molecular weight excluding hydrogens is 572 g/mol. The molecule has 3 aromatic rings. The number of ether oxygens (including phenoxy) is 1. The number of aliphatic carboxylic acids is 1. The predicted molar refractivity (Wildman–Crippen MR) is 158 cm³/mol. The summed E-state index contributed by atoms with van der Waals surface area (Å²) < 4.78 is 32.0. The lowest BCUT2D eigenvalue weighted by Crippen LogP contribution is -2.46. The predicted octanol–water partition coefficient (Wildman–Crippen LogP) is 2.02. The van der Waals surface area contributed by atoms with Crippen molar-refractivity contribution in [2.75, 3.05) is 20.1 Å². The third-order valence-electron chi connectivity index (χ3n) is 6.45. The largest absolute Gasteiger partial charge is 0.480 e. The Morgan fingerprint density at radius 3 is 2.37 bits per heavy atom. The van der Waals surface area contributed by atoms with Gasteiger partial charge < -0.3 is 20.5 Å². The van der Waals surface area contributed by atoms with Gasteiger partial charge in [0.15, 0.2) is 0 Å². The zero-order valence-corrected chi connectivity index (χ0v) is 24.3. The normalized spacial score (nSPS) is 15.1. The molecule has 0 spiro atoms. The minimum absolute atomic E-state index is 0.0153. The summed E-state index contributed by atoms with van der Waals surface area (Å²) in [5.74, 6) is 3.47. The number of rotatable bonds is 10. The van der Waals surface area contributed by atoms with Gasteiger partial charge in [-0.25, -0.2) is 13.2 Å². The fourth-order valence-corrected chi connectivity index (χ4v) is 5.24. The smallest absolute Gasteiger partial charge is 0.326 e. The summed E-state index contributed by atoms with van der Waals surface area (Å²) in [6, 6.07) is 20.9. The van der Waals surface area contributed by atoms with Gasteiger partial charge in [-0.3, -0.25) is 9.59 Å². The highest BCUT2D eigenvalue weighted by Gasteiger charge is 2.30. The van der Waals surface area contributed by atoms with Crippen LogP contribution in [0, 0.1) is 18.8 Å². The first-order chi connectivity index (χ1) is 20.5. The van der Waals surface area contributed by atoms with Gasteiger partial charge in [-0.2, -0.15) is 9.30 Å². The standard InChI is InChI=1S/C31H30N4O7S/c1-21-10-16-25(17-11-21)43(40,41)35(2)20-27(36)33-26(30(38)39)19-23-14-12-22(13-15-23)7-6-18-32-31-34-29(37)28(42-31)24-8-4-3-5-9-24/h3-5,8-17,26,28H,18-20H2,1-2H3,(H,33,36)(H,38,39)(H,32,34,37). The van der Waals surface area contributed by atoms with Crippen molar-refractivity contribution in [3.05, 3.63) is 101 Å². The van der Waals surface area contributed by atoms with Crippen molar-refractivity contribution in [3.8, 4) is 11.8 Å². The van der Waals surface area contributed by atoms with Crippen LogP contribution in [-0.2, 0) is 35.6 Å². The zero-order chi connectivity index (χ0) is 31.0. The van der Waals surface area contributed by atoms with Crippen molar-refractivity contribution in [1.29, 1.82) is 0 Å². The Kier molecular flexibility index (Phi) is 9.92. The summed E-state index contributed by atoms with van der Waals surface area (Å²) in [6.07, 6.45) is -0.797. The second kappa shape index (κ2) is 13.8. The van der Waals surface area contributed by atoms with Gasteiger partial charge in [0.05, 0.1) is 18.0 Å². The summed E-state index contributed by atoms with van der Waals surface area (Å²) in [6.45, 7) is 1.46. The number of carboxylic acid groups (broad SMARTS) is 1. The first-order valence-electron chi connectivity index (χ1n) is 13.2. The number of aliphatic imine (C=N–C) groups is 1. The van der Waals surface area contributed by atoms with E-state index in [9.17, 15) is 27.9 Å². The highest BCUT2D eigenvalue weighted by atomic mass is 32.2. The molecule has 0 saturated carbocycles. The van der Waals surface area contributed by atoms with Gasteiger partial charge >= 0.3 is 5.97 Å². The number of nitrogens with zero attached hydrogens (tertiary/aromatic N) is 2. The molecule has 11 nitrogen and oxygen atoms in total. The Balaban J connectivity index is 1.27. The van der Waals surface area contributed by atoms with E-state index in [0.29, 0.717) is 16.7 Å². The molecular formula is C31H30N4O7S. The number of carboxylic acids is 1. The molecule has 0 aromatic heterocycles. The van der Waals surface area contributed by atoms with Gasteiger partial charge in [-0.15, -0.1) is 0 Å². The van der Waals surface area contributed by atoms with Crippen LogP contribution in [0.2, 0.25) is 0 Å². The molecule has 1 aliphatic rings. The lowest BCUT2D eigenvalue weighted by molar-refractivity contribution is -0.141. The van der Waals surface area contributed by atoms with Gasteiger partial charge in [0.25, 0.3) is 11.9 Å². The molecule has 2 unspecified atom stereocenters. The maximum Gasteiger partial charge on any atom is 0.326 e. The average molecular weight is 603 g/mol. The Bertz CT molecular complexity index is 1680. The molecule has 0 saturated heterocycles. The van der Waals surface area contributed by atoms with E-state index in [0.717, 1.165) is 9.87 Å². The number of nitrogens with one attached hydrogen (secondary N) is 2. The first-order valence-corrected chi connectivity index (χ1v) is 14.7. The van der Waals surface area contributed by atoms with Crippen molar-refractivity contribution in [1.82, 2.24) is 14.9 Å². The molecule has 4 rings (SSSR count). The van der Waals surface area contributed by atoms with E-state index < -0.39 is 46.5 Å². The third-order valence-corrected chi connectivity index (χ3v) is 8.27. The summed E-state index contributed by atoms with van der Waals surface area (Å²) in [4.78, 5) is 40.4. The van der Waals surface area contributed by atoms with Crippen LogP contribution in [0.3, 0.4) is 0 Å². The number of carbonyl (C=O) groups is 3. The number of aryl methyl sites for hydroxylation is 1. The summed E-state index contributed by atoms with van der Waals surface area (Å²) >= 11 is 0. The third kappa shape index (κ3) is 8.28. The molecule has 0 bridgehead atoms. The quantitative estimate of drug-likeness (QED) is 0.298. The number of amides is 2. The van der Waals surface area contributed by atoms with E-state index in [2.05, 4.69) is 27.5 Å². The molecule has 0 radical (unpaired) electrons. The Hall–Kier alpha value is -4.99. The number of benzene rings is 3. The summed E-state index contributed by atoms with van der Waals surface area (Å²) in [5.41, 5.74) is 2.90. The van der Waals surface area contributed by atoms with Crippen molar-refractivity contribution >= 4 is 33.8 Å². The number of carbonyl (C=O) groups excluding carboxylic acids is 2. The van der Waals surface area contributed by atoms with E-state index in [-0.39, 0.29) is 23.9 Å². The fraction of sp³-hybridized carbons (Fsp3) is 0.226. The van der Waals surface area contributed by atoms with E-state index in [1.54, 1.807) is 48.5 Å². The highest BCUT2D eigenvalue weighted by molar-refractivity contribution is 7.89. The van der Waals surface area contributed by atoms with Crippen molar-refractivity contribution in [3.63, 3.8) is 0 Å². The minimum Gasteiger partial charge on any atom is -0.480 e. The summed E-state index contributed by atoms with van der Waals surface area (Å²) in [7, 11) is -2.66. The highest BCUT2D eigenvalue weighted by Crippen LogP contribution is 2.23. The molecule has 222 valence electrons. The second-order valence-electron chi connectivity index (χ2n) is 9.75. The first kappa shape index (κ1) is 31.0. The van der Waals surface area contributed by atoms with E-state index in [1.807, 2.05) is 25.1 Å². The molecule has 0 aliphatic carbocycles. The van der Waals surface area contributed by atoms with Crippen LogP contribution in [0.5, 0.6) is 0 Å². The molecule has 12 heteroatoms. The maximum atomic E-state index is 12.8. The number of sulfonamides is 1. The van der Waals surface area contributed by atoms with E-state index in [1.165, 1.54) is 19.2 Å². The van der Waals surface area contributed by atoms with Crippen molar-refractivity contribution in [2.45, 2.75) is 30.4 Å². The molecule has 43 heavy (non-hydrogen) atoms. The van der Waals surface area contributed by atoms with E-state index in [4.69, 9.17) is 4.74 Å². The zero-order valence-electron chi connectivity index (χ0n) is 23.5. The molecule has 2 atom stereocenters. The number of amidine groups is 1. The Morgan fingerprint density at radius 2 is 1.72 bits per heavy atom. The molecule has 1 aliphatic heterocycles. The van der Waals surface area contributed by atoms with E-state index >= 15 is 0 Å². The lowest BCUT2D eigenvalue weighted by atomic mass is 10.0. The SMILES string of the molecule is Cc1ccc(S(=O)(=O)N(C)CC(=O)NC(Cc2ccc(C#CCNC3=NC(=O)C(c4ccccc4)O3)cc2)C(=O)O)cc1. The minimum atomic E-state index is -3.92. The topological polar surface area (TPSA) is 154 Å². The van der Waals surface area contributed by atoms with Crippen LogP contribution in [0.4, 0.5) is 0 Å². The van der Waals surface area contributed by atoms with Gasteiger partial charge in [-0.05, 0) is 36.8 Å². The van der Waals surface area contributed by atoms with Crippen LogP contribution in [0.15, 0.2) is 88.8 Å². The second-order valence-corrected chi connectivity index (χ2v) is 11.8. The Morgan fingerprint density at radius 1 is 1.05 bits per heavy atom. The van der Waals surface area contributed by atoms with Gasteiger partial charge in [0.2, 0.25) is 22.0 Å². The molecule has 0 fully saturated rings. The van der Waals surface area contributed by atoms with Crippen LogP contribution in [0.25, 0.3) is 0 Å².